The largest absolute Gasteiger partial charge is 0.467 e. The van der Waals surface area contributed by atoms with Gasteiger partial charge in [0.15, 0.2) is 18.1 Å². The average Bonchev–Trinajstić information content (AvgIpc) is 3.07. The van der Waals surface area contributed by atoms with E-state index in [2.05, 4.69) is 15.3 Å². The Morgan fingerprint density at radius 2 is 2.00 bits per heavy atom. The van der Waals surface area contributed by atoms with E-state index in [4.69, 9.17) is 14.2 Å². The Labute approximate surface area is 137 Å². The van der Waals surface area contributed by atoms with Crippen molar-refractivity contribution in [2.24, 2.45) is 0 Å². The Balaban J connectivity index is 1.43. The fourth-order valence-electron chi connectivity index (χ4n) is 2.40. The van der Waals surface area contributed by atoms with E-state index in [1.807, 2.05) is 24.3 Å². The molecule has 3 aromatic rings. The van der Waals surface area contributed by atoms with Gasteiger partial charge in [-0.1, -0.05) is 12.1 Å². The molecule has 1 N–H and O–H groups in total. The highest BCUT2D eigenvalue weighted by Crippen LogP contribution is 2.34. The summed E-state index contributed by atoms with van der Waals surface area (Å²) in [4.78, 5) is 20.3. The lowest BCUT2D eigenvalue weighted by molar-refractivity contribution is -0.118. The zero-order valence-corrected chi connectivity index (χ0v) is 12.6. The highest BCUT2D eigenvalue weighted by molar-refractivity contribution is 5.92. The molecule has 1 aromatic heterocycles. The number of aromatic nitrogens is 2. The van der Waals surface area contributed by atoms with Gasteiger partial charge in [0.1, 0.15) is 6.33 Å². The van der Waals surface area contributed by atoms with Crippen LogP contribution in [-0.2, 0) is 4.79 Å². The Bertz CT molecular complexity index is 908. The number of carbonyl (C=O) groups excluding carboxylic acids is 1. The maximum Gasteiger partial charge on any atom is 0.262 e. The second-order valence-electron chi connectivity index (χ2n) is 5.10. The Kier molecular flexibility index (Phi) is 3.59. The fourth-order valence-corrected chi connectivity index (χ4v) is 2.40. The summed E-state index contributed by atoms with van der Waals surface area (Å²) in [5.41, 5.74) is 1.37. The molecule has 0 spiro atoms. The number of anilines is 1. The Morgan fingerprint density at radius 3 is 2.96 bits per heavy atom. The molecule has 0 atom stereocenters. The van der Waals surface area contributed by atoms with Crippen LogP contribution in [0.25, 0.3) is 10.9 Å². The predicted molar refractivity (Wildman–Crippen MR) is 86.2 cm³/mol. The van der Waals surface area contributed by atoms with Crippen LogP contribution in [-0.4, -0.2) is 29.3 Å². The van der Waals surface area contributed by atoms with Crippen LogP contribution in [0.1, 0.15) is 0 Å². The summed E-state index contributed by atoms with van der Waals surface area (Å²) in [6, 6.07) is 12.6. The van der Waals surface area contributed by atoms with Crippen LogP contribution < -0.4 is 19.5 Å². The van der Waals surface area contributed by atoms with Crippen LogP contribution in [0, 0.1) is 0 Å². The molecule has 0 radical (unpaired) electrons. The Hall–Kier alpha value is -3.35. The van der Waals surface area contributed by atoms with Gasteiger partial charge in [0.2, 0.25) is 12.7 Å². The zero-order chi connectivity index (χ0) is 16.4. The van der Waals surface area contributed by atoms with Gasteiger partial charge in [-0.3, -0.25) is 4.79 Å². The number of fused-ring (bicyclic) bond motifs is 2. The lowest BCUT2D eigenvalue weighted by Crippen LogP contribution is -2.20. The zero-order valence-electron chi connectivity index (χ0n) is 12.6. The number of carbonyl (C=O) groups is 1. The van der Waals surface area contributed by atoms with Crippen LogP contribution in [0.3, 0.4) is 0 Å². The molecule has 4 rings (SSSR count). The van der Waals surface area contributed by atoms with Crippen molar-refractivity contribution in [3.8, 4) is 17.4 Å². The highest BCUT2D eigenvalue weighted by Gasteiger charge is 2.14. The molecule has 1 aliphatic rings. The van der Waals surface area contributed by atoms with Crippen LogP contribution in [0.4, 0.5) is 5.69 Å². The minimum atomic E-state index is -0.295. The number of benzene rings is 2. The third-order valence-electron chi connectivity index (χ3n) is 3.50. The van der Waals surface area contributed by atoms with Gasteiger partial charge in [-0.25, -0.2) is 9.97 Å². The number of rotatable bonds is 4. The highest BCUT2D eigenvalue weighted by atomic mass is 16.7. The van der Waals surface area contributed by atoms with Crippen molar-refractivity contribution >= 4 is 22.5 Å². The molecule has 2 heterocycles. The Morgan fingerprint density at radius 1 is 1.12 bits per heavy atom. The maximum atomic E-state index is 12.1. The van der Waals surface area contributed by atoms with Crippen LogP contribution in [0.15, 0.2) is 48.8 Å². The number of nitrogens with one attached hydrogen (secondary N) is 1. The van der Waals surface area contributed by atoms with Crippen molar-refractivity contribution in [1.29, 1.82) is 0 Å². The van der Waals surface area contributed by atoms with Crippen molar-refractivity contribution in [2.75, 3.05) is 18.7 Å². The summed E-state index contributed by atoms with van der Waals surface area (Å²) >= 11 is 0. The topological polar surface area (TPSA) is 82.6 Å². The predicted octanol–water partition coefficient (Wildman–Crippen LogP) is 2.38. The van der Waals surface area contributed by atoms with Crippen LogP contribution >= 0.6 is 0 Å². The first kappa shape index (κ1) is 14.3. The van der Waals surface area contributed by atoms with Crippen LogP contribution in [0.2, 0.25) is 0 Å². The fraction of sp³-hybridized carbons (Fsp3) is 0.118. The average molecular weight is 323 g/mol. The number of hydrogen-bond acceptors (Lipinski definition) is 6. The van der Waals surface area contributed by atoms with E-state index in [0.717, 1.165) is 10.9 Å². The molecule has 7 nitrogen and oxygen atoms in total. The number of hydrogen-bond donors (Lipinski definition) is 1. The van der Waals surface area contributed by atoms with E-state index in [1.54, 1.807) is 18.2 Å². The van der Waals surface area contributed by atoms with E-state index >= 15 is 0 Å². The molecule has 7 heteroatoms. The first-order chi connectivity index (χ1) is 11.8. The van der Waals surface area contributed by atoms with E-state index in [-0.39, 0.29) is 19.3 Å². The van der Waals surface area contributed by atoms with Gasteiger partial charge in [0.05, 0.1) is 10.9 Å². The van der Waals surface area contributed by atoms with E-state index in [9.17, 15) is 4.79 Å². The van der Waals surface area contributed by atoms with E-state index in [1.165, 1.54) is 6.33 Å². The van der Waals surface area contributed by atoms with Gasteiger partial charge in [0.25, 0.3) is 5.91 Å². The molecule has 120 valence electrons. The first-order valence-electron chi connectivity index (χ1n) is 7.32. The summed E-state index contributed by atoms with van der Waals surface area (Å²) in [5.74, 6) is 1.35. The van der Waals surface area contributed by atoms with Crippen molar-refractivity contribution in [3.63, 3.8) is 0 Å². The summed E-state index contributed by atoms with van der Waals surface area (Å²) in [7, 11) is 0. The number of amides is 1. The standard InChI is InChI=1S/C17H13N3O4/c21-16(20-11-5-6-14-15(7-11)24-10-23-14)8-22-17-12-3-1-2-4-13(12)18-9-19-17/h1-7,9H,8,10H2,(H,20,21). The van der Waals surface area contributed by atoms with Crippen molar-refractivity contribution in [1.82, 2.24) is 9.97 Å². The van der Waals surface area contributed by atoms with Gasteiger partial charge >= 0.3 is 0 Å². The molecule has 0 unspecified atom stereocenters. The van der Waals surface area contributed by atoms with Crippen molar-refractivity contribution < 1.29 is 19.0 Å². The molecule has 1 amide bonds. The quantitative estimate of drug-likeness (QED) is 0.794. The smallest absolute Gasteiger partial charge is 0.262 e. The third kappa shape index (κ3) is 2.79. The van der Waals surface area contributed by atoms with Crippen molar-refractivity contribution in [2.45, 2.75) is 0 Å². The van der Waals surface area contributed by atoms with Gasteiger partial charge in [-0.15, -0.1) is 0 Å². The van der Waals surface area contributed by atoms with Gasteiger partial charge in [-0.2, -0.15) is 0 Å². The molecule has 0 aliphatic carbocycles. The summed E-state index contributed by atoms with van der Waals surface area (Å²) < 4.78 is 16.0. The maximum absolute atomic E-state index is 12.1. The number of nitrogens with zero attached hydrogens (tertiary/aromatic N) is 2. The molecule has 0 bridgehead atoms. The molecule has 0 saturated heterocycles. The second-order valence-corrected chi connectivity index (χ2v) is 5.10. The summed E-state index contributed by atoms with van der Waals surface area (Å²) in [6.45, 7) is 0.0338. The number of para-hydroxylation sites is 1. The normalized spacial score (nSPS) is 12.2. The minimum Gasteiger partial charge on any atom is -0.467 e. The van der Waals surface area contributed by atoms with Gasteiger partial charge < -0.3 is 19.5 Å². The molecule has 24 heavy (non-hydrogen) atoms. The monoisotopic (exact) mass is 323 g/mol. The van der Waals surface area contributed by atoms with E-state index in [0.29, 0.717) is 23.1 Å². The van der Waals surface area contributed by atoms with Crippen LogP contribution in [0.5, 0.6) is 17.4 Å². The number of ether oxygens (including phenoxy) is 3. The lowest BCUT2D eigenvalue weighted by Gasteiger charge is -2.09. The molecular formula is C17H13N3O4. The molecule has 0 saturated carbocycles. The minimum absolute atomic E-state index is 0.157. The third-order valence-corrected chi connectivity index (χ3v) is 3.50. The first-order valence-corrected chi connectivity index (χ1v) is 7.32. The molecule has 1 aliphatic heterocycles. The summed E-state index contributed by atoms with van der Waals surface area (Å²) in [6.07, 6.45) is 1.41. The molecular weight excluding hydrogens is 310 g/mol. The second kappa shape index (κ2) is 6.04. The lowest BCUT2D eigenvalue weighted by atomic mass is 10.2. The van der Waals surface area contributed by atoms with Gasteiger partial charge in [-0.05, 0) is 24.3 Å². The molecule has 2 aromatic carbocycles. The van der Waals surface area contributed by atoms with Gasteiger partial charge in [0, 0.05) is 11.8 Å². The van der Waals surface area contributed by atoms with E-state index < -0.39 is 0 Å². The SMILES string of the molecule is O=C(COc1ncnc2ccccc12)Nc1ccc2c(c1)OCO2. The summed E-state index contributed by atoms with van der Waals surface area (Å²) in [5, 5.41) is 3.51. The van der Waals surface area contributed by atoms with Crippen molar-refractivity contribution in [3.05, 3.63) is 48.8 Å². The molecule has 0 fully saturated rings.